The molecule has 3 heteroatoms. The fraction of sp³-hybridized carbons (Fsp3) is 1.00. The van der Waals surface area contributed by atoms with Crippen LogP contribution in [0.15, 0.2) is 0 Å². The molecule has 1 unspecified atom stereocenters. The SMILES string of the molecule is CNCCCCCCOCC1CCCO1. The topological polar surface area (TPSA) is 30.5 Å². The van der Waals surface area contributed by atoms with E-state index in [9.17, 15) is 0 Å². The average Bonchev–Trinajstić information content (AvgIpc) is 2.75. The van der Waals surface area contributed by atoms with Gasteiger partial charge in [-0.3, -0.25) is 0 Å². The molecule has 0 aromatic heterocycles. The van der Waals surface area contributed by atoms with Crippen LogP contribution in [0.1, 0.15) is 38.5 Å². The van der Waals surface area contributed by atoms with Crippen molar-refractivity contribution in [1.29, 1.82) is 0 Å². The lowest BCUT2D eigenvalue weighted by atomic mass is 10.2. The van der Waals surface area contributed by atoms with Crippen molar-refractivity contribution < 1.29 is 9.47 Å². The number of hydrogen-bond donors (Lipinski definition) is 1. The first-order valence-electron chi connectivity index (χ1n) is 6.27. The van der Waals surface area contributed by atoms with Gasteiger partial charge in [-0.15, -0.1) is 0 Å². The van der Waals surface area contributed by atoms with E-state index in [1.165, 1.54) is 38.5 Å². The van der Waals surface area contributed by atoms with Crippen LogP contribution >= 0.6 is 0 Å². The summed E-state index contributed by atoms with van der Waals surface area (Å²) in [5, 5.41) is 3.16. The monoisotopic (exact) mass is 215 g/mol. The maximum atomic E-state index is 5.58. The van der Waals surface area contributed by atoms with Crippen molar-refractivity contribution in [2.24, 2.45) is 0 Å². The van der Waals surface area contributed by atoms with Gasteiger partial charge in [-0.2, -0.15) is 0 Å². The molecule has 1 aliphatic heterocycles. The van der Waals surface area contributed by atoms with Crippen LogP contribution in [0.3, 0.4) is 0 Å². The predicted octanol–water partition coefficient (Wildman–Crippen LogP) is 1.96. The number of nitrogens with one attached hydrogen (secondary N) is 1. The first-order chi connectivity index (χ1) is 7.43. The Hall–Kier alpha value is -0.120. The summed E-state index contributed by atoms with van der Waals surface area (Å²) in [7, 11) is 2.00. The zero-order valence-corrected chi connectivity index (χ0v) is 9.96. The van der Waals surface area contributed by atoms with Gasteiger partial charge in [0.05, 0.1) is 12.7 Å². The Kier molecular flexibility index (Phi) is 7.88. The van der Waals surface area contributed by atoms with E-state index in [1.54, 1.807) is 0 Å². The Bertz CT molecular complexity index is 136. The molecule has 1 saturated heterocycles. The van der Waals surface area contributed by atoms with Crippen LogP contribution in [0, 0.1) is 0 Å². The Morgan fingerprint density at radius 3 is 2.87 bits per heavy atom. The van der Waals surface area contributed by atoms with Crippen molar-refractivity contribution in [2.75, 3.05) is 33.4 Å². The summed E-state index contributed by atoms with van der Waals surface area (Å²) in [5.74, 6) is 0. The molecule has 90 valence electrons. The molecular formula is C12H25NO2. The van der Waals surface area contributed by atoms with Crippen LogP contribution in [-0.2, 0) is 9.47 Å². The molecule has 1 rings (SSSR count). The predicted molar refractivity (Wildman–Crippen MR) is 62.2 cm³/mol. The molecule has 0 aromatic carbocycles. The van der Waals surface area contributed by atoms with Crippen LogP contribution in [0.2, 0.25) is 0 Å². The van der Waals surface area contributed by atoms with Gasteiger partial charge in [-0.1, -0.05) is 12.8 Å². The third-order valence-corrected chi connectivity index (χ3v) is 2.79. The maximum absolute atomic E-state index is 5.58. The third kappa shape index (κ3) is 6.88. The molecular weight excluding hydrogens is 190 g/mol. The number of rotatable bonds is 9. The van der Waals surface area contributed by atoms with E-state index in [0.717, 1.165) is 26.4 Å². The molecule has 3 nitrogen and oxygen atoms in total. The third-order valence-electron chi connectivity index (χ3n) is 2.79. The highest BCUT2D eigenvalue weighted by molar-refractivity contribution is 4.63. The summed E-state index contributed by atoms with van der Waals surface area (Å²) in [6, 6.07) is 0. The highest BCUT2D eigenvalue weighted by Gasteiger charge is 2.14. The molecule has 1 N–H and O–H groups in total. The van der Waals surface area contributed by atoms with E-state index < -0.39 is 0 Å². The van der Waals surface area contributed by atoms with Crippen LogP contribution in [0.25, 0.3) is 0 Å². The molecule has 15 heavy (non-hydrogen) atoms. The Labute approximate surface area is 93.5 Å². The van der Waals surface area contributed by atoms with Gasteiger partial charge in [-0.05, 0) is 39.3 Å². The second-order valence-corrected chi connectivity index (χ2v) is 4.23. The lowest BCUT2D eigenvalue weighted by molar-refractivity contribution is 0.0161. The molecule has 0 radical (unpaired) electrons. The second kappa shape index (κ2) is 9.13. The Morgan fingerprint density at radius 2 is 2.13 bits per heavy atom. The summed E-state index contributed by atoms with van der Waals surface area (Å²) in [6.45, 7) is 3.77. The first-order valence-corrected chi connectivity index (χ1v) is 6.27. The standard InChI is InChI=1S/C12H25NO2/c1-13-8-4-2-3-5-9-14-11-12-7-6-10-15-12/h12-13H,2-11H2,1H3. The first kappa shape index (κ1) is 12.9. The highest BCUT2D eigenvalue weighted by atomic mass is 16.5. The molecule has 0 spiro atoms. The van der Waals surface area contributed by atoms with Crippen LogP contribution < -0.4 is 5.32 Å². The van der Waals surface area contributed by atoms with E-state index in [1.807, 2.05) is 7.05 Å². The highest BCUT2D eigenvalue weighted by Crippen LogP contribution is 2.12. The molecule has 0 aliphatic carbocycles. The smallest absolute Gasteiger partial charge is 0.0809 e. The van der Waals surface area contributed by atoms with E-state index in [4.69, 9.17) is 9.47 Å². The van der Waals surface area contributed by atoms with Crippen LogP contribution in [0.4, 0.5) is 0 Å². The van der Waals surface area contributed by atoms with Gasteiger partial charge in [0, 0.05) is 13.2 Å². The fourth-order valence-electron chi connectivity index (χ4n) is 1.85. The van der Waals surface area contributed by atoms with Crippen LogP contribution in [-0.4, -0.2) is 39.5 Å². The second-order valence-electron chi connectivity index (χ2n) is 4.23. The lowest BCUT2D eigenvalue weighted by Crippen LogP contribution is -2.14. The van der Waals surface area contributed by atoms with Gasteiger partial charge in [-0.25, -0.2) is 0 Å². The maximum Gasteiger partial charge on any atom is 0.0809 e. The van der Waals surface area contributed by atoms with Crippen LogP contribution in [0.5, 0.6) is 0 Å². The fourth-order valence-corrected chi connectivity index (χ4v) is 1.85. The lowest BCUT2D eigenvalue weighted by Gasteiger charge is -2.09. The molecule has 1 heterocycles. The van der Waals surface area contributed by atoms with E-state index in [-0.39, 0.29) is 0 Å². The zero-order chi connectivity index (χ0) is 10.8. The van der Waals surface area contributed by atoms with E-state index >= 15 is 0 Å². The van der Waals surface area contributed by atoms with Crippen molar-refractivity contribution in [3.63, 3.8) is 0 Å². The van der Waals surface area contributed by atoms with Crippen molar-refractivity contribution in [3.8, 4) is 0 Å². The van der Waals surface area contributed by atoms with Gasteiger partial charge in [0.1, 0.15) is 0 Å². The largest absolute Gasteiger partial charge is 0.379 e. The molecule has 0 bridgehead atoms. The van der Waals surface area contributed by atoms with Gasteiger partial charge in [0.15, 0.2) is 0 Å². The molecule has 1 aliphatic rings. The van der Waals surface area contributed by atoms with Gasteiger partial charge in [0.2, 0.25) is 0 Å². The summed E-state index contributed by atoms with van der Waals surface area (Å²) < 4.78 is 11.1. The van der Waals surface area contributed by atoms with Crippen molar-refractivity contribution >= 4 is 0 Å². The minimum absolute atomic E-state index is 0.384. The van der Waals surface area contributed by atoms with E-state index in [2.05, 4.69) is 5.32 Å². The quantitative estimate of drug-likeness (QED) is 0.596. The van der Waals surface area contributed by atoms with E-state index in [0.29, 0.717) is 6.10 Å². The number of hydrogen-bond acceptors (Lipinski definition) is 3. The minimum atomic E-state index is 0.384. The molecule has 0 saturated carbocycles. The number of unbranched alkanes of at least 4 members (excludes halogenated alkanes) is 3. The normalized spacial score (nSPS) is 21.0. The summed E-state index contributed by atoms with van der Waals surface area (Å²) in [5.41, 5.74) is 0. The zero-order valence-electron chi connectivity index (χ0n) is 9.96. The molecule has 1 atom stereocenters. The average molecular weight is 215 g/mol. The number of ether oxygens (including phenoxy) is 2. The molecule has 0 aromatic rings. The van der Waals surface area contributed by atoms with Crippen molar-refractivity contribution in [3.05, 3.63) is 0 Å². The van der Waals surface area contributed by atoms with Gasteiger partial charge in [0.25, 0.3) is 0 Å². The minimum Gasteiger partial charge on any atom is -0.379 e. The summed E-state index contributed by atoms with van der Waals surface area (Å²) in [4.78, 5) is 0. The Morgan fingerprint density at radius 1 is 1.27 bits per heavy atom. The molecule has 0 amide bonds. The van der Waals surface area contributed by atoms with Gasteiger partial charge >= 0.3 is 0 Å². The molecule has 1 fully saturated rings. The van der Waals surface area contributed by atoms with Gasteiger partial charge < -0.3 is 14.8 Å². The summed E-state index contributed by atoms with van der Waals surface area (Å²) in [6.07, 6.45) is 7.84. The van der Waals surface area contributed by atoms with Crippen molar-refractivity contribution in [1.82, 2.24) is 5.32 Å². The van der Waals surface area contributed by atoms with Crippen molar-refractivity contribution in [2.45, 2.75) is 44.6 Å². The Balaban J connectivity index is 1.73. The summed E-state index contributed by atoms with van der Waals surface area (Å²) >= 11 is 0.